The molecule has 0 aromatic carbocycles. The van der Waals surface area contributed by atoms with Crippen LogP contribution in [0.5, 0.6) is 0 Å². The fourth-order valence-electron chi connectivity index (χ4n) is 1.65. The number of methoxy groups -OCH3 is 1. The highest BCUT2D eigenvalue weighted by Gasteiger charge is 2.20. The van der Waals surface area contributed by atoms with Gasteiger partial charge in [0.25, 0.3) is 0 Å². The summed E-state index contributed by atoms with van der Waals surface area (Å²) in [7, 11) is 1.27. The van der Waals surface area contributed by atoms with E-state index in [4.69, 9.17) is 4.74 Å². The summed E-state index contributed by atoms with van der Waals surface area (Å²) in [5.41, 5.74) is 0.349. The molecule has 22 heavy (non-hydrogen) atoms. The van der Waals surface area contributed by atoms with Crippen molar-refractivity contribution < 1.29 is 23.9 Å². The molecular weight excluding hydrogens is 306 g/mol. The fourth-order valence-corrected chi connectivity index (χ4v) is 2.72. The Morgan fingerprint density at radius 2 is 1.95 bits per heavy atom. The number of carbonyl (C=O) groups excluding carboxylic acids is 3. The van der Waals surface area contributed by atoms with E-state index in [1.165, 1.54) is 18.4 Å². The number of amides is 1. The molecule has 0 atom stereocenters. The largest absolute Gasteiger partial charge is 0.469 e. The normalized spacial score (nSPS) is 10.4. The predicted octanol–water partition coefficient (Wildman–Crippen LogP) is 2.94. The minimum atomic E-state index is -0.464. The summed E-state index contributed by atoms with van der Waals surface area (Å²) in [5, 5.41) is 3.13. The zero-order valence-corrected chi connectivity index (χ0v) is 14.0. The van der Waals surface area contributed by atoms with Gasteiger partial charge in [0.1, 0.15) is 5.00 Å². The standard InChI is InChI=1S/C15H21NO5S/c1-5-21-15(19)10-8-11(9(2)3)22-14(10)16-12(17)6-7-13(18)20-4/h8-9H,5-7H2,1-4H3,(H,16,17). The maximum absolute atomic E-state index is 12.0. The highest BCUT2D eigenvalue weighted by atomic mass is 32.1. The third-order valence-corrected chi connectivity index (χ3v) is 4.20. The molecule has 0 saturated carbocycles. The van der Waals surface area contributed by atoms with Crippen molar-refractivity contribution in [1.82, 2.24) is 0 Å². The summed E-state index contributed by atoms with van der Waals surface area (Å²) in [6.07, 6.45) is 0.00331. The Kier molecular flexibility index (Phi) is 7.04. The van der Waals surface area contributed by atoms with Gasteiger partial charge in [0.15, 0.2) is 0 Å². The maximum Gasteiger partial charge on any atom is 0.341 e. The van der Waals surface area contributed by atoms with Crippen LogP contribution in [0.3, 0.4) is 0 Å². The molecule has 122 valence electrons. The molecule has 0 radical (unpaired) electrons. The molecule has 0 saturated heterocycles. The molecule has 1 aromatic rings. The van der Waals surface area contributed by atoms with Gasteiger partial charge in [-0.3, -0.25) is 9.59 Å². The van der Waals surface area contributed by atoms with Crippen LogP contribution in [0.4, 0.5) is 5.00 Å². The highest BCUT2D eigenvalue weighted by Crippen LogP contribution is 2.33. The third kappa shape index (κ3) is 5.14. The van der Waals surface area contributed by atoms with Gasteiger partial charge in [0, 0.05) is 11.3 Å². The summed E-state index contributed by atoms with van der Waals surface area (Å²) in [6, 6.07) is 1.74. The van der Waals surface area contributed by atoms with Crippen LogP contribution in [0, 0.1) is 0 Å². The first-order valence-corrected chi connectivity index (χ1v) is 7.88. The van der Waals surface area contributed by atoms with Crippen LogP contribution < -0.4 is 5.32 Å². The number of rotatable bonds is 7. The first kappa shape index (κ1) is 18.2. The number of esters is 2. The average molecular weight is 327 g/mol. The van der Waals surface area contributed by atoms with Crippen LogP contribution in [0.15, 0.2) is 6.07 Å². The molecule has 0 aliphatic heterocycles. The van der Waals surface area contributed by atoms with Gasteiger partial charge in [0.05, 0.1) is 25.7 Å². The van der Waals surface area contributed by atoms with E-state index in [0.717, 1.165) is 4.88 Å². The van der Waals surface area contributed by atoms with Crippen molar-refractivity contribution in [1.29, 1.82) is 0 Å². The molecule has 0 aliphatic rings. The number of thiophene rings is 1. The second-order valence-corrected chi connectivity index (χ2v) is 5.97. The van der Waals surface area contributed by atoms with E-state index in [-0.39, 0.29) is 31.3 Å². The Balaban J connectivity index is 2.85. The average Bonchev–Trinajstić information content (AvgIpc) is 2.89. The lowest BCUT2D eigenvalue weighted by atomic mass is 10.1. The monoisotopic (exact) mass is 327 g/mol. The summed E-state index contributed by atoms with van der Waals surface area (Å²) in [5.74, 6) is -1.02. The van der Waals surface area contributed by atoms with Gasteiger partial charge in [0.2, 0.25) is 5.91 Å². The third-order valence-electron chi connectivity index (χ3n) is 2.85. The van der Waals surface area contributed by atoms with Crippen molar-refractivity contribution in [2.24, 2.45) is 0 Å². The quantitative estimate of drug-likeness (QED) is 0.779. The van der Waals surface area contributed by atoms with Crippen LogP contribution in [-0.2, 0) is 19.1 Å². The number of nitrogens with one attached hydrogen (secondary N) is 1. The van der Waals surface area contributed by atoms with Crippen LogP contribution >= 0.6 is 11.3 Å². The maximum atomic E-state index is 12.0. The molecule has 1 N–H and O–H groups in total. The van der Waals surface area contributed by atoms with Crippen molar-refractivity contribution >= 4 is 34.2 Å². The van der Waals surface area contributed by atoms with E-state index in [2.05, 4.69) is 10.1 Å². The van der Waals surface area contributed by atoms with Crippen LogP contribution in [0.25, 0.3) is 0 Å². The van der Waals surface area contributed by atoms with E-state index in [9.17, 15) is 14.4 Å². The van der Waals surface area contributed by atoms with Crippen LogP contribution in [-0.4, -0.2) is 31.6 Å². The van der Waals surface area contributed by atoms with Crippen molar-refractivity contribution in [3.63, 3.8) is 0 Å². The van der Waals surface area contributed by atoms with Crippen LogP contribution in [0.2, 0.25) is 0 Å². The lowest BCUT2D eigenvalue weighted by Crippen LogP contribution is -2.15. The van der Waals surface area contributed by atoms with Gasteiger partial charge in [-0.1, -0.05) is 13.8 Å². The first-order valence-electron chi connectivity index (χ1n) is 7.06. The van der Waals surface area contributed by atoms with Gasteiger partial charge >= 0.3 is 11.9 Å². The van der Waals surface area contributed by atoms with Gasteiger partial charge in [-0.25, -0.2) is 4.79 Å². The highest BCUT2D eigenvalue weighted by molar-refractivity contribution is 7.16. The van der Waals surface area contributed by atoms with E-state index in [1.807, 2.05) is 13.8 Å². The Bertz CT molecular complexity index is 550. The molecule has 0 aliphatic carbocycles. The second kappa shape index (κ2) is 8.53. The zero-order chi connectivity index (χ0) is 16.7. The number of hydrogen-bond donors (Lipinski definition) is 1. The van der Waals surface area contributed by atoms with Gasteiger partial charge in [-0.05, 0) is 18.9 Å². The molecule has 0 fully saturated rings. The summed E-state index contributed by atoms with van der Waals surface area (Å²) in [4.78, 5) is 35.9. The van der Waals surface area contributed by atoms with E-state index >= 15 is 0 Å². The Morgan fingerprint density at radius 3 is 2.50 bits per heavy atom. The number of hydrogen-bond acceptors (Lipinski definition) is 6. The topological polar surface area (TPSA) is 81.7 Å². The van der Waals surface area contributed by atoms with Gasteiger partial charge in [-0.15, -0.1) is 11.3 Å². The van der Waals surface area contributed by atoms with E-state index in [0.29, 0.717) is 10.6 Å². The molecular formula is C15H21NO5S. The molecule has 1 amide bonds. The Hall–Kier alpha value is -1.89. The van der Waals surface area contributed by atoms with Gasteiger partial charge < -0.3 is 14.8 Å². The van der Waals surface area contributed by atoms with E-state index in [1.54, 1.807) is 13.0 Å². The number of ether oxygens (including phenoxy) is 2. The molecule has 0 unspecified atom stereocenters. The Morgan fingerprint density at radius 1 is 1.27 bits per heavy atom. The minimum Gasteiger partial charge on any atom is -0.469 e. The molecule has 0 spiro atoms. The van der Waals surface area contributed by atoms with E-state index < -0.39 is 11.9 Å². The van der Waals surface area contributed by atoms with Crippen molar-refractivity contribution in [2.45, 2.75) is 39.5 Å². The summed E-state index contributed by atoms with van der Waals surface area (Å²) >= 11 is 1.34. The lowest BCUT2D eigenvalue weighted by Gasteiger charge is -2.05. The predicted molar refractivity (Wildman–Crippen MR) is 84.2 cm³/mol. The van der Waals surface area contributed by atoms with Gasteiger partial charge in [-0.2, -0.15) is 0 Å². The summed E-state index contributed by atoms with van der Waals surface area (Å²) in [6.45, 7) is 6.00. The molecule has 0 bridgehead atoms. The van der Waals surface area contributed by atoms with Crippen molar-refractivity contribution in [2.75, 3.05) is 19.0 Å². The Labute approximate surface area is 133 Å². The molecule has 1 aromatic heterocycles. The van der Waals surface area contributed by atoms with Crippen LogP contribution in [0.1, 0.15) is 54.8 Å². The zero-order valence-electron chi connectivity index (χ0n) is 13.2. The smallest absolute Gasteiger partial charge is 0.341 e. The summed E-state index contributed by atoms with van der Waals surface area (Å²) < 4.78 is 9.49. The number of anilines is 1. The fraction of sp³-hybridized carbons (Fsp3) is 0.533. The SMILES string of the molecule is CCOC(=O)c1cc(C(C)C)sc1NC(=O)CCC(=O)OC. The molecule has 1 rings (SSSR count). The lowest BCUT2D eigenvalue weighted by molar-refractivity contribution is -0.141. The first-order chi connectivity index (χ1) is 10.4. The molecule has 6 nitrogen and oxygen atoms in total. The minimum absolute atomic E-state index is 0.000510. The van der Waals surface area contributed by atoms with Crippen molar-refractivity contribution in [3.8, 4) is 0 Å². The van der Waals surface area contributed by atoms with Crippen molar-refractivity contribution in [3.05, 3.63) is 16.5 Å². The molecule has 1 heterocycles. The second-order valence-electron chi connectivity index (χ2n) is 4.89. The number of carbonyl (C=O) groups is 3. The molecule has 7 heteroatoms.